The van der Waals surface area contributed by atoms with Crippen LogP contribution in [0.5, 0.6) is 0 Å². The monoisotopic (exact) mass is 529 g/mol. The summed E-state index contributed by atoms with van der Waals surface area (Å²) in [6, 6.07) is 8.55. The average Bonchev–Trinajstić information content (AvgIpc) is 3.04. The molecule has 38 heavy (non-hydrogen) atoms. The van der Waals surface area contributed by atoms with Crippen molar-refractivity contribution in [2.45, 2.75) is 59.8 Å². The topological polar surface area (TPSA) is 43.9 Å². The van der Waals surface area contributed by atoms with E-state index in [0.717, 1.165) is 17.6 Å². The molecule has 1 aromatic carbocycles. The molecule has 0 unspecified atom stereocenters. The quantitative estimate of drug-likeness (QED) is 0.190. The number of allylic oxidation sites excluding steroid dienone is 9. The normalized spacial score (nSPS) is 22.4. The van der Waals surface area contributed by atoms with Crippen molar-refractivity contribution in [3.63, 3.8) is 0 Å². The zero-order valence-corrected chi connectivity index (χ0v) is 24.5. The Kier molecular flexibility index (Phi) is 7.67. The number of anilines is 1. The third-order valence-electron chi connectivity index (χ3n) is 7.77. The number of carbonyl (C=O) groups is 2. The molecule has 2 aliphatic heterocycles. The van der Waals surface area contributed by atoms with E-state index < -0.39 is 0 Å². The van der Waals surface area contributed by atoms with Crippen LogP contribution in [0.15, 0.2) is 83.1 Å². The van der Waals surface area contributed by atoms with Crippen LogP contribution in [0.4, 0.5) is 5.69 Å². The van der Waals surface area contributed by atoms with Gasteiger partial charge in [-0.3, -0.25) is 19.4 Å². The summed E-state index contributed by atoms with van der Waals surface area (Å²) in [4.78, 5) is 31.9. The van der Waals surface area contributed by atoms with E-state index in [9.17, 15) is 9.59 Å². The second-order valence-electron chi connectivity index (χ2n) is 11.5. The highest BCUT2D eigenvalue weighted by atomic mass is 32.1. The molecule has 1 fully saturated rings. The first-order valence-electron chi connectivity index (χ1n) is 13.4. The Morgan fingerprint density at radius 3 is 2.16 bits per heavy atom. The van der Waals surface area contributed by atoms with Gasteiger partial charge in [-0.15, -0.1) is 0 Å². The van der Waals surface area contributed by atoms with Crippen molar-refractivity contribution in [2.24, 2.45) is 5.41 Å². The lowest BCUT2D eigenvalue weighted by Crippen LogP contribution is -2.56. The zero-order chi connectivity index (χ0) is 27.8. The van der Waals surface area contributed by atoms with Gasteiger partial charge in [-0.1, -0.05) is 76.3 Å². The molecule has 0 saturated carbocycles. The highest BCUT2D eigenvalue weighted by molar-refractivity contribution is 7.80. The first-order valence-corrected chi connectivity index (χ1v) is 13.8. The molecule has 1 aliphatic carbocycles. The van der Waals surface area contributed by atoms with E-state index in [1.54, 1.807) is 0 Å². The zero-order valence-electron chi connectivity index (χ0n) is 23.7. The second kappa shape index (κ2) is 10.5. The minimum atomic E-state index is -0.282. The molecule has 2 heterocycles. The lowest BCUT2D eigenvalue weighted by atomic mass is 9.73. The highest BCUT2D eigenvalue weighted by Crippen LogP contribution is 2.46. The largest absolute Gasteiger partial charge is 0.347 e. The van der Waals surface area contributed by atoms with Gasteiger partial charge in [0.25, 0.3) is 11.8 Å². The number of likely N-dealkylation sites (N-methyl/N-ethyl adjacent to an activating group) is 3. The number of fused-ring (bicyclic) bond motifs is 1. The summed E-state index contributed by atoms with van der Waals surface area (Å²) >= 11 is 5.43. The highest BCUT2D eigenvalue weighted by Gasteiger charge is 2.41. The molecule has 3 aliphatic rings. The lowest BCUT2D eigenvalue weighted by molar-refractivity contribution is -0.133. The van der Waals surface area contributed by atoms with Crippen LogP contribution in [-0.2, 0) is 15.0 Å². The van der Waals surface area contributed by atoms with Crippen LogP contribution >= 0.6 is 12.2 Å². The van der Waals surface area contributed by atoms with Crippen molar-refractivity contribution < 1.29 is 9.59 Å². The van der Waals surface area contributed by atoms with E-state index >= 15 is 0 Å². The van der Waals surface area contributed by atoms with Crippen LogP contribution < -0.4 is 4.90 Å². The predicted molar refractivity (Wildman–Crippen MR) is 160 cm³/mol. The van der Waals surface area contributed by atoms with Crippen molar-refractivity contribution in [1.82, 2.24) is 9.80 Å². The first kappa shape index (κ1) is 27.8. The summed E-state index contributed by atoms with van der Waals surface area (Å²) in [5, 5.41) is 0.298. The van der Waals surface area contributed by atoms with Crippen LogP contribution in [0.3, 0.4) is 0 Å². The molecule has 2 amide bonds. The van der Waals surface area contributed by atoms with Crippen LogP contribution in [0.2, 0.25) is 0 Å². The molecular weight excluding hydrogens is 490 g/mol. The van der Waals surface area contributed by atoms with Crippen molar-refractivity contribution in [1.29, 1.82) is 0 Å². The summed E-state index contributed by atoms with van der Waals surface area (Å²) in [6.07, 6.45) is 14.0. The van der Waals surface area contributed by atoms with Crippen molar-refractivity contribution in [3.8, 4) is 0 Å². The van der Waals surface area contributed by atoms with E-state index in [0.29, 0.717) is 24.6 Å². The number of hydrogen-bond acceptors (Lipinski definition) is 4. The van der Waals surface area contributed by atoms with Gasteiger partial charge in [0.05, 0.1) is 0 Å². The van der Waals surface area contributed by atoms with Crippen molar-refractivity contribution in [3.05, 3.63) is 88.7 Å². The maximum Gasteiger partial charge on any atom is 0.265 e. The molecule has 200 valence electrons. The number of para-hydroxylation sites is 1. The van der Waals surface area contributed by atoms with Crippen molar-refractivity contribution in [2.75, 3.05) is 25.0 Å². The molecule has 0 radical (unpaired) electrons. The molecule has 0 spiro atoms. The molecule has 0 aromatic heterocycles. The maximum atomic E-state index is 13.3. The first-order chi connectivity index (χ1) is 17.9. The third-order valence-corrected chi connectivity index (χ3v) is 8.21. The maximum absolute atomic E-state index is 13.3. The Bertz CT molecular complexity index is 1300. The van der Waals surface area contributed by atoms with Gasteiger partial charge in [0.2, 0.25) is 0 Å². The van der Waals surface area contributed by atoms with E-state index in [2.05, 4.69) is 82.1 Å². The molecule has 1 aromatic rings. The predicted octanol–water partition coefficient (Wildman–Crippen LogP) is 6.45. The Balaban J connectivity index is 1.61. The molecule has 0 atom stereocenters. The standard InChI is InChI=1S/C32H39N3O2S/c1-8-34-28(36)27(29(37)35(9-2)30(34)38)23-19-22(20-31(3,4)21-23)15-11-10-12-18-26-32(5,6)24-16-13-14-17-25(24)33(26)7/h10-19H,8-9,20-21H2,1-7H3/b12-10+,15-11+,26-18+. The van der Waals surface area contributed by atoms with E-state index in [1.165, 1.54) is 26.7 Å². The Morgan fingerprint density at radius 1 is 0.921 bits per heavy atom. The van der Waals surface area contributed by atoms with Crippen LogP contribution in [0, 0.1) is 5.41 Å². The number of benzene rings is 1. The van der Waals surface area contributed by atoms with Gasteiger partial charge in [-0.25, -0.2) is 0 Å². The number of thiocarbonyl (C=S) groups is 1. The van der Waals surface area contributed by atoms with Gasteiger partial charge in [0.15, 0.2) is 5.11 Å². The number of nitrogens with zero attached hydrogens (tertiary/aromatic N) is 3. The number of hydrogen-bond donors (Lipinski definition) is 0. The van der Waals surface area contributed by atoms with Crippen LogP contribution in [0.1, 0.15) is 59.9 Å². The van der Waals surface area contributed by atoms with Crippen LogP contribution in [0.25, 0.3) is 0 Å². The minimum absolute atomic E-state index is 0.0590. The van der Waals surface area contributed by atoms with Gasteiger partial charge in [0, 0.05) is 36.9 Å². The fourth-order valence-electron chi connectivity index (χ4n) is 5.93. The molecule has 0 N–H and O–H groups in total. The molecular formula is C32H39N3O2S. The summed E-state index contributed by atoms with van der Waals surface area (Å²) in [5.41, 5.74) is 5.87. The number of amides is 2. The smallest absolute Gasteiger partial charge is 0.265 e. The Hall–Kier alpha value is -3.25. The fourth-order valence-corrected chi connectivity index (χ4v) is 6.35. The van der Waals surface area contributed by atoms with E-state index in [-0.39, 0.29) is 28.2 Å². The second-order valence-corrected chi connectivity index (χ2v) is 11.9. The summed E-state index contributed by atoms with van der Waals surface area (Å²) in [5.74, 6) is -0.564. The summed E-state index contributed by atoms with van der Waals surface area (Å²) in [7, 11) is 2.12. The number of rotatable bonds is 5. The molecule has 5 nitrogen and oxygen atoms in total. The minimum Gasteiger partial charge on any atom is -0.347 e. The summed E-state index contributed by atoms with van der Waals surface area (Å²) in [6.45, 7) is 13.5. The molecule has 4 rings (SSSR count). The van der Waals surface area contributed by atoms with Gasteiger partial charge in [-0.05, 0) is 73.2 Å². The Morgan fingerprint density at radius 2 is 1.55 bits per heavy atom. The van der Waals surface area contributed by atoms with Crippen molar-refractivity contribution >= 4 is 34.8 Å². The molecule has 6 heteroatoms. The molecule has 1 saturated heterocycles. The van der Waals surface area contributed by atoms with E-state index in [4.69, 9.17) is 12.2 Å². The lowest BCUT2D eigenvalue weighted by Gasteiger charge is -2.38. The average molecular weight is 530 g/mol. The molecule has 0 bridgehead atoms. The van der Waals surface area contributed by atoms with Gasteiger partial charge >= 0.3 is 0 Å². The number of carbonyl (C=O) groups excluding carboxylic acids is 2. The summed E-state index contributed by atoms with van der Waals surface area (Å²) < 4.78 is 0. The fraction of sp³-hybridized carbons (Fsp3) is 0.406. The SMILES string of the molecule is CCN1C(=O)C(=C2C=C(/C=C/C=C/C=C3/N(C)c4ccccc4C3(C)C)CC(C)(C)C2)C(=O)N(CC)C1=S. The third kappa shape index (κ3) is 4.94. The van der Waals surface area contributed by atoms with Gasteiger partial charge in [-0.2, -0.15) is 0 Å². The van der Waals surface area contributed by atoms with Gasteiger partial charge < -0.3 is 4.90 Å². The Labute approximate surface area is 232 Å². The van der Waals surface area contributed by atoms with Crippen LogP contribution in [-0.4, -0.2) is 46.9 Å². The van der Waals surface area contributed by atoms with E-state index in [1.807, 2.05) is 32.1 Å². The van der Waals surface area contributed by atoms with Gasteiger partial charge in [0.1, 0.15) is 5.57 Å².